The molecule has 142 valence electrons. The highest BCUT2D eigenvalue weighted by Crippen LogP contribution is 2.30. The van der Waals surface area contributed by atoms with E-state index < -0.39 is 0 Å². The highest BCUT2D eigenvalue weighted by molar-refractivity contribution is 6.33. The van der Waals surface area contributed by atoms with Gasteiger partial charge in [0.25, 0.3) is 5.91 Å². The Kier molecular flexibility index (Phi) is 5.43. The van der Waals surface area contributed by atoms with Gasteiger partial charge in [0.2, 0.25) is 5.95 Å². The summed E-state index contributed by atoms with van der Waals surface area (Å²) in [6, 6.07) is 7.53. The van der Waals surface area contributed by atoms with Crippen molar-refractivity contribution in [3.8, 4) is 0 Å². The van der Waals surface area contributed by atoms with Gasteiger partial charge in [-0.25, -0.2) is 9.97 Å². The zero-order chi connectivity index (χ0) is 18.6. The standard InChI is InChI=1S/C20H24ClN5O/c21-17-15-16(5-6-18(17)24-9-1-2-10-24)19(27)25-11-4-12-26(14-13-25)20-22-7-3-8-23-20/h3,5-8,15H,1-2,4,9-14H2. The third kappa shape index (κ3) is 4.00. The van der Waals surface area contributed by atoms with E-state index in [0.717, 1.165) is 50.8 Å². The number of halogens is 1. The Morgan fingerprint density at radius 2 is 1.63 bits per heavy atom. The molecule has 0 unspecified atom stereocenters. The number of hydrogen-bond donors (Lipinski definition) is 0. The number of hydrogen-bond acceptors (Lipinski definition) is 5. The fourth-order valence-corrected chi connectivity index (χ4v) is 4.11. The molecule has 1 aromatic carbocycles. The molecule has 2 saturated heterocycles. The number of rotatable bonds is 3. The van der Waals surface area contributed by atoms with Crippen LogP contribution in [0, 0.1) is 0 Å². The molecule has 7 heteroatoms. The van der Waals surface area contributed by atoms with Crippen LogP contribution in [0.5, 0.6) is 0 Å². The van der Waals surface area contributed by atoms with E-state index in [2.05, 4.69) is 19.8 Å². The first-order valence-electron chi connectivity index (χ1n) is 9.58. The van der Waals surface area contributed by atoms with E-state index in [-0.39, 0.29) is 5.91 Å². The molecule has 0 spiro atoms. The van der Waals surface area contributed by atoms with Crippen molar-refractivity contribution < 1.29 is 4.79 Å². The number of amides is 1. The van der Waals surface area contributed by atoms with E-state index in [9.17, 15) is 4.79 Å². The van der Waals surface area contributed by atoms with E-state index in [4.69, 9.17) is 11.6 Å². The first-order valence-corrected chi connectivity index (χ1v) is 9.96. The molecule has 0 saturated carbocycles. The van der Waals surface area contributed by atoms with Crippen LogP contribution in [-0.4, -0.2) is 60.0 Å². The summed E-state index contributed by atoms with van der Waals surface area (Å²) in [5.41, 5.74) is 1.70. The van der Waals surface area contributed by atoms with E-state index in [1.54, 1.807) is 12.4 Å². The third-order valence-electron chi connectivity index (χ3n) is 5.26. The van der Waals surface area contributed by atoms with Gasteiger partial charge in [0, 0.05) is 57.2 Å². The SMILES string of the molecule is O=C(c1ccc(N2CCCC2)c(Cl)c1)N1CCCN(c2ncccn2)CC1. The van der Waals surface area contributed by atoms with Gasteiger partial charge in [0.1, 0.15) is 0 Å². The summed E-state index contributed by atoms with van der Waals surface area (Å²) >= 11 is 6.49. The van der Waals surface area contributed by atoms with Gasteiger partial charge in [0.05, 0.1) is 10.7 Å². The largest absolute Gasteiger partial charge is 0.370 e. The molecule has 2 aromatic rings. The summed E-state index contributed by atoms with van der Waals surface area (Å²) in [7, 11) is 0. The molecule has 0 radical (unpaired) electrons. The van der Waals surface area contributed by atoms with Gasteiger partial charge < -0.3 is 14.7 Å². The quantitative estimate of drug-likeness (QED) is 0.812. The van der Waals surface area contributed by atoms with E-state index in [1.807, 2.05) is 29.2 Å². The van der Waals surface area contributed by atoms with Crippen molar-refractivity contribution in [3.05, 3.63) is 47.2 Å². The van der Waals surface area contributed by atoms with Crippen molar-refractivity contribution in [2.75, 3.05) is 49.1 Å². The van der Waals surface area contributed by atoms with Gasteiger partial charge in [-0.1, -0.05) is 11.6 Å². The highest BCUT2D eigenvalue weighted by atomic mass is 35.5. The second-order valence-corrected chi connectivity index (χ2v) is 7.45. The molecule has 0 bridgehead atoms. The first kappa shape index (κ1) is 18.0. The van der Waals surface area contributed by atoms with Crippen LogP contribution in [0.1, 0.15) is 29.6 Å². The molecule has 4 rings (SSSR count). The van der Waals surface area contributed by atoms with Crippen LogP contribution >= 0.6 is 11.6 Å². The summed E-state index contributed by atoms with van der Waals surface area (Å²) < 4.78 is 0. The lowest BCUT2D eigenvalue weighted by molar-refractivity contribution is 0.0767. The smallest absolute Gasteiger partial charge is 0.253 e. The number of aromatic nitrogens is 2. The molecule has 0 N–H and O–H groups in total. The average Bonchev–Trinajstić information content (AvgIpc) is 3.12. The molecule has 0 atom stereocenters. The summed E-state index contributed by atoms with van der Waals surface area (Å²) in [6.07, 6.45) is 6.79. The Morgan fingerprint density at radius 1 is 0.889 bits per heavy atom. The fraction of sp³-hybridized carbons (Fsp3) is 0.450. The van der Waals surface area contributed by atoms with Crippen LogP contribution in [-0.2, 0) is 0 Å². The monoisotopic (exact) mass is 385 g/mol. The minimum atomic E-state index is 0.0423. The third-order valence-corrected chi connectivity index (χ3v) is 5.56. The Hall–Kier alpha value is -2.34. The van der Waals surface area contributed by atoms with Crippen LogP contribution in [0.4, 0.5) is 11.6 Å². The Balaban J connectivity index is 1.44. The van der Waals surface area contributed by atoms with Gasteiger partial charge in [-0.2, -0.15) is 0 Å². The fourth-order valence-electron chi connectivity index (χ4n) is 3.81. The predicted octanol–water partition coefficient (Wildman–Crippen LogP) is 3.08. The molecule has 3 heterocycles. The molecule has 1 amide bonds. The van der Waals surface area contributed by atoms with Crippen molar-refractivity contribution in [1.82, 2.24) is 14.9 Å². The molecular weight excluding hydrogens is 362 g/mol. The summed E-state index contributed by atoms with van der Waals surface area (Å²) in [6.45, 7) is 5.04. The second-order valence-electron chi connectivity index (χ2n) is 7.04. The van der Waals surface area contributed by atoms with Crippen LogP contribution in [0.2, 0.25) is 5.02 Å². The molecule has 1 aromatic heterocycles. The average molecular weight is 386 g/mol. The molecule has 2 aliphatic rings. The van der Waals surface area contributed by atoms with Crippen LogP contribution in [0.3, 0.4) is 0 Å². The van der Waals surface area contributed by atoms with Crippen LogP contribution in [0.25, 0.3) is 0 Å². The zero-order valence-electron chi connectivity index (χ0n) is 15.4. The Labute approximate surface area is 164 Å². The molecule has 2 fully saturated rings. The lowest BCUT2D eigenvalue weighted by atomic mass is 10.1. The van der Waals surface area contributed by atoms with Crippen molar-refractivity contribution in [2.45, 2.75) is 19.3 Å². The van der Waals surface area contributed by atoms with Crippen molar-refractivity contribution in [3.63, 3.8) is 0 Å². The van der Waals surface area contributed by atoms with Crippen LogP contribution < -0.4 is 9.80 Å². The minimum Gasteiger partial charge on any atom is -0.370 e. The van der Waals surface area contributed by atoms with E-state index in [0.29, 0.717) is 17.1 Å². The van der Waals surface area contributed by atoms with E-state index in [1.165, 1.54) is 12.8 Å². The maximum Gasteiger partial charge on any atom is 0.253 e. The molecular formula is C20H24ClN5O. The second kappa shape index (κ2) is 8.13. The van der Waals surface area contributed by atoms with Gasteiger partial charge in [-0.15, -0.1) is 0 Å². The Morgan fingerprint density at radius 3 is 2.37 bits per heavy atom. The summed E-state index contributed by atoms with van der Waals surface area (Å²) in [5.74, 6) is 0.769. The van der Waals surface area contributed by atoms with Crippen molar-refractivity contribution in [2.24, 2.45) is 0 Å². The summed E-state index contributed by atoms with van der Waals surface area (Å²) in [5, 5.41) is 0.664. The van der Waals surface area contributed by atoms with Gasteiger partial charge in [-0.3, -0.25) is 4.79 Å². The molecule has 2 aliphatic heterocycles. The first-order chi connectivity index (χ1) is 13.2. The topological polar surface area (TPSA) is 52.6 Å². The highest BCUT2D eigenvalue weighted by Gasteiger charge is 2.23. The number of carbonyl (C=O) groups excluding carboxylic acids is 1. The van der Waals surface area contributed by atoms with E-state index >= 15 is 0 Å². The van der Waals surface area contributed by atoms with Gasteiger partial charge in [0.15, 0.2) is 0 Å². The van der Waals surface area contributed by atoms with Gasteiger partial charge >= 0.3 is 0 Å². The maximum atomic E-state index is 13.0. The minimum absolute atomic E-state index is 0.0423. The molecule has 6 nitrogen and oxygen atoms in total. The normalized spacial score (nSPS) is 17.9. The molecule has 27 heavy (non-hydrogen) atoms. The summed E-state index contributed by atoms with van der Waals surface area (Å²) in [4.78, 5) is 28.0. The zero-order valence-corrected chi connectivity index (χ0v) is 16.1. The van der Waals surface area contributed by atoms with Crippen molar-refractivity contribution >= 4 is 29.1 Å². The molecule has 0 aliphatic carbocycles. The maximum absolute atomic E-state index is 13.0. The van der Waals surface area contributed by atoms with Gasteiger partial charge in [-0.05, 0) is 43.5 Å². The lowest BCUT2D eigenvalue weighted by Gasteiger charge is -2.23. The number of benzene rings is 1. The van der Waals surface area contributed by atoms with Crippen molar-refractivity contribution in [1.29, 1.82) is 0 Å². The Bertz CT molecular complexity index is 794. The number of nitrogens with zero attached hydrogens (tertiary/aromatic N) is 5. The predicted molar refractivity (Wildman–Crippen MR) is 108 cm³/mol. The lowest BCUT2D eigenvalue weighted by Crippen LogP contribution is -2.35. The number of carbonyl (C=O) groups is 1. The number of anilines is 2. The van der Waals surface area contributed by atoms with Crippen LogP contribution in [0.15, 0.2) is 36.7 Å².